The van der Waals surface area contributed by atoms with Crippen LogP contribution in [0.3, 0.4) is 0 Å². The average Bonchev–Trinajstić information content (AvgIpc) is 3.10. The fourth-order valence-corrected chi connectivity index (χ4v) is 3.50. The van der Waals surface area contributed by atoms with E-state index in [0.717, 1.165) is 11.3 Å². The number of nitrogens with one attached hydrogen (secondary N) is 1. The van der Waals surface area contributed by atoms with Crippen LogP contribution in [-0.2, 0) is 4.79 Å². The summed E-state index contributed by atoms with van der Waals surface area (Å²) < 4.78 is 12.5. The number of hydrogen-bond donors (Lipinski definition) is 1. The largest absolute Gasteiger partial charge is 0.485 e. The van der Waals surface area contributed by atoms with Gasteiger partial charge in [-0.3, -0.25) is 10.1 Å². The molecule has 5 nitrogen and oxygen atoms in total. The van der Waals surface area contributed by atoms with Crippen LogP contribution in [0, 0.1) is 3.57 Å². The van der Waals surface area contributed by atoms with Gasteiger partial charge in [0, 0.05) is 14.5 Å². The first-order valence-corrected chi connectivity index (χ1v) is 9.56. The fourth-order valence-electron chi connectivity index (χ4n) is 2.42. The van der Waals surface area contributed by atoms with E-state index in [4.69, 9.17) is 9.47 Å². The molecule has 1 atom stereocenters. The van der Waals surface area contributed by atoms with E-state index in [1.165, 1.54) is 14.9 Å². The Morgan fingerprint density at radius 1 is 1.16 bits per heavy atom. The highest BCUT2D eigenvalue weighted by Gasteiger charge is 2.27. The second-order valence-electron chi connectivity index (χ2n) is 5.40. The fraction of sp³-hybridized carbons (Fsp3) is 0.111. The topological polar surface area (TPSA) is 60.5 Å². The highest BCUT2D eigenvalue weighted by Crippen LogP contribution is 2.31. The van der Waals surface area contributed by atoms with Gasteiger partial charge in [0.05, 0.1) is 5.69 Å². The highest BCUT2D eigenvalue weighted by atomic mass is 127. The molecule has 2 aromatic carbocycles. The normalized spacial score (nSPS) is 15.6. The number of para-hydroxylation sites is 2. The van der Waals surface area contributed by atoms with Gasteiger partial charge in [0.1, 0.15) is 6.61 Å². The first-order chi connectivity index (χ1) is 12.2. The second kappa shape index (κ2) is 7.01. The predicted molar refractivity (Wildman–Crippen MR) is 105 cm³/mol. The molecule has 2 heterocycles. The number of ether oxygens (including phenoxy) is 2. The van der Waals surface area contributed by atoms with Crippen molar-refractivity contribution >= 4 is 45.0 Å². The Hall–Kier alpha value is -2.13. The zero-order chi connectivity index (χ0) is 17.2. The van der Waals surface area contributed by atoms with E-state index in [-0.39, 0.29) is 12.5 Å². The van der Waals surface area contributed by atoms with E-state index in [0.29, 0.717) is 16.6 Å². The van der Waals surface area contributed by atoms with Crippen LogP contribution >= 0.6 is 33.9 Å². The van der Waals surface area contributed by atoms with Gasteiger partial charge in [-0.25, -0.2) is 4.98 Å². The number of carbonyl (C=O) groups excluding carboxylic acids is 1. The first-order valence-electron chi connectivity index (χ1n) is 7.60. The molecule has 0 saturated carbocycles. The van der Waals surface area contributed by atoms with E-state index in [9.17, 15) is 4.79 Å². The Morgan fingerprint density at radius 2 is 1.92 bits per heavy atom. The summed E-state index contributed by atoms with van der Waals surface area (Å²) in [6, 6.07) is 15.4. The van der Waals surface area contributed by atoms with Crippen molar-refractivity contribution in [2.24, 2.45) is 0 Å². The smallest absolute Gasteiger partial charge is 0.270 e. The van der Waals surface area contributed by atoms with Crippen molar-refractivity contribution in [3.05, 3.63) is 57.5 Å². The summed E-state index contributed by atoms with van der Waals surface area (Å²) in [5, 5.41) is 5.27. The van der Waals surface area contributed by atoms with Crippen LogP contribution in [0.25, 0.3) is 11.3 Å². The summed E-state index contributed by atoms with van der Waals surface area (Å²) in [4.78, 5) is 16.9. The lowest BCUT2D eigenvalue weighted by atomic mass is 10.2. The third kappa shape index (κ3) is 3.62. The molecule has 0 saturated heterocycles. The molecule has 1 aromatic heterocycles. The quantitative estimate of drug-likeness (QED) is 0.591. The van der Waals surface area contributed by atoms with E-state index in [1.807, 2.05) is 47.8 Å². The van der Waals surface area contributed by atoms with Crippen LogP contribution < -0.4 is 14.8 Å². The number of thiazole rings is 1. The number of aromatic nitrogens is 1. The summed E-state index contributed by atoms with van der Waals surface area (Å²) in [5.41, 5.74) is 1.85. The number of halogens is 1. The molecule has 1 amide bonds. The van der Waals surface area contributed by atoms with Gasteiger partial charge in [0.2, 0.25) is 6.10 Å². The van der Waals surface area contributed by atoms with Gasteiger partial charge in [-0.05, 0) is 46.9 Å². The zero-order valence-corrected chi connectivity index (χ0v) is 15.9. The molecule has 0 aliphatic carbocycles. The van der Waals surface area contributed by atoms with Gasteiger partial charge in [-0.1, -0.05) is 24.3 Å². The van der Waals surface area contributed by atoms with Gasteiger partial charge in [0.15, 0.2) is 16.6 Å². The van der Waals surface area contributed by atoms with Crippen molar-refractivity contribution in [1.82, 2.24) is 4.98 Å². The molecule has 1 N–H and O–H groups in total. The molecule has 0 bridgehead atoms. The lowest BCUT2D eigenvalue weighted by molar-refractivity contribution is -0.125. The third-order valence-corrected chi connectivity index (χ3v) is 5.15. The molecule has 7 heteroatoms. The minimum absolute atomic E-state index is 0.179. The summed E-state index contributed by atoms with van der Waals surface area (Å²) in [5.74, 6) is 0.965. The minimum atomic E-state index is -0.694. The molecule has 0 spiro atoms. The monoisotopic (exact) mass is 464 g/mol. The molecular weight excluding hydrogens is 451 g/mol. The van der Waals surface area contributed by atoms with Crippen LogP contribution in [0.2, 0.25) is 0 Å². The van der Waals surface area contributed by atoms with Gasteiger partial charge in [-0.15, -0.1) is 11.3 Å². The molecule has 126 valence electrons. The number of anilines is 1. The summed E-state index contributed by atoms with van der Waals surface area (Å²) >= 11 is 3.65. The maximum Gasteiger partial charge on any atom is 0.270 e. The molecule has 4 rings (SSSR count). The average molecular weight is 464 g/mol. The molecule has 3 aromatic rings. The maximum absolute atomic E-state index is 12.4. The van der Waals surface area contributed by atoms with E-state index in [2.05, 4.69) is 32.9 Å². The molecule has 1 aliphatic rings. The number of hydrogen-bond acceptors (Lipinski definition) is 5. The van der Waals surface area contributed by atoms with Gasteiger partial charge < -0.3 is 9.47 Å². The van der Waals surface area contributed by atoms with Gasteiger partial charge >= 0.3 is 0 Å². The van der Waals surface area contributed by atoms with Crippen LogP contribution in [-0.4, -0.2) is 23.6 Å². The molecule has 25 heavy (non-hydrogen) atoms. The van der Waals surface area contributed by atoms with Gasteiger partial charge in [0.25, 0.3) is 5.91 Å². The van der Waals surface area contributed by atoms with Crippen molar-refractivity contribution < 1.29 is 14.3 Å². The van der Waals surface area contributed by atoms with Crippen LogP contribution in [0.15, 0.2) is 53.9 Å². The standard InChI is InChI=1S/C18H13IN2O3S/c19-12-7-5-11(6-8-12)13-10-25-18(20-13)21-17(22)16-9-23-14-3-1-2-4-15(14)24-16/h1-8,10,16H,9H2,(H,20,21,22)/t16-/m1/s1. The summed E-state index contributed by atoms with van der Waals surface area (Å²) in [6.45, 7) is 0.179. The van der Waals surface area contributed by atoms with Crippen LogP contribution in [0.4, 0.5) is 5.13 Å². The van der Waals surface area contributed by atoms with Crippen molar-refractivity contribution in [1.29, 1.82) is 0 Å². The van der Waals surface area contributed by atoms with E-state index >= 15 is 0 Å². The van der Waals surface area contributed by atoms with E-state index < -0.39 is 6.10 Å². The van der Waals surface area contributed by atoms with Crippen LogP contribution in [0.1, 0.15) is 0 Å². The van der Waals surface area contributed by atoms with Crippen molar-refractivity contribution in [2.45, 2.75) is 6.10 Å². The van der Waals surface area contributed by atoms with Crippen molar-refractivity contribution in [3.63, 3.8) is 0 Å². The number of carbonyl (C=O) groups is 1. The Morgan fingerprint density at radius 3 is 2.72 bits per heavy atom. The highest BCUT2D eigenvalue weighted by molar-refractivity contribution is 14.1. The Bertz CT molecular complexity index is 911. The SMILES string of the molecule is O=C(Nc1nc(-c2ccc(I)cc2)cs1)[C@H]1COc2ccccc2O1. The number of benzene rings is 2. The van der Waals surface area contributed by atoms with E-state index in [1.54, 1.807) is 6.07 Å². The predicted octanol–water partition coefficient (Wildman–Crippen LogP) is 4.19. The summed E-state index contributed by atoms with van der Waals surface area (Å²) in [6.07, 6.45) is -0.694. The third-order valence-electron chi connectivity index (χ3n) is 3.68. The Kier molecular flexibility index (Phi) is 4.58. The maximum atomic E-state index is 12.4. The van der Waals surface area contributed by atoms with Crippen LogP contribution in [0.5, 0.6) is 11.5 Å². The minimum Gasteiger partial charge on any atom is -0.485 e. The molecule has 0 unspecified atom stereocenters. The zero-order valence-electron chi connectivity index (χ0n) is 12.9. The Labute approximate surface area is 162 Å². The number of amides is 1. The van der Waals surface area contributed by atoms with Crippen molar-refractivity contribution in [2.75, 3.05) is 11.9 Å². The molecular formula is C18H13IN2O3S. The number of nitrogens with zero attached hydrogens (tertiary/aromatic N) is 1. The molecule has 1 aliphatic heterocycles. The molecule has 0 radical (unpaired) electrons. The summed E-state index contributed by atoms with van der Waals surface area (Å²) in [7, 11) is 0. The lowest BCUT2D eigenvalue weighted by Crippen LogP contribution is -2.40. The first kappa shape index (κ1) is 16.3. The Balaban J connectivity index is 1.44. The number of rotatable bonds is 3. The molecule has 0 fully saturated rings. The number of fused-ring (bicyclic) bond motifs is 1. The van der Waals surface area contributed by atoms with Crippen molar-refractivity contribution in [3.8, 4) is 22.8 Å². The lowest BCUT2D eigenvalue weighted by Gasteiger charge is -2.25. The second-order valence-corrected chi connectivity index (χ2v) is 7.50. The van der Waals surface area contributed by atoms with Gasteiger partial charge in [-0.2, -0.15) is 0 Å².